The number of imidazole rings is 1. The summed E-state index contributed by atoms with van der Waals surface area (Å²) in [7, 11) is 0. The molecule has 0 unspecified atom stereocenters. The van der Waals surface area contributed by atoms with E-state index in [4.69, 9.17) is 23.2 Å². The van der Waals surface area contributed by atoms with Gasteiger partial charge in [-0.1, -0.05) is 43.1 Å². The minimum atomic E-state index is 0.583. The van der Waals surface area contributed by atoms with E-state index < -0.39 is 0 Å². The molecule has 0 saturated carbocycles. The van der Waals surface area contributed by atoms with Gasteiger partial charge in [-0.3, -0.25) is 0 Å². The van der Waals surface area contributed by atoms with Crippen LogP contribution in [0.15, 0.2) is 30.6 Å². The van der Waals surface area contributed by atoms with Crippen LogP contribution in [-0.2, 0) is 13.1 Å². The van der Waals surface area contributed by atoms with Gasteiger partial charge in [0.1, 0.15) is 5.82 Å². The van der Waals surface area contributed by atoms with E-state index in [1.54, 1.807) is 0 Å². The standard InChI is InChI=1S/C15H19Cl2N3/c1-11(2)8-18-9-15-19-5-6-20(15)10-12-3-4-13(16)14(17)7-12/h3-7,11,18H,8-10H2,1-2H3. The second-order valence-corrected chi connectivity index (χ2v) is 6.06. The highest BCUT2D eigenvalue weighted by Crippen LogP contribution is 2.23. The molecule has 0 fully saturated rings. The van der Waals surface area contributed by atoms with Crippen molar-refractivity contribution < 1.29 is 0 Å². The molecule has 3 nitrogen and oxygen atoms in total. The highest BCUT2D eigenvalue weighted by molar-refractivity contribution is 6.42. The van der Waals surface area contributed by atoms with Crippen LogP contribution in [0.1, 0.15) is 25.2 Å². The van der Waals surface area contributed by atoms with Crippen LogP contribution in [0.3, 0.4) is 0 Å². The molecule has 0 aliphatic carbocycles. The van der Waals surface area contributed by atoms with Crippen LogP contribution in [-0.4, -0.2) is 16.1 Å². The molecule has 2 rings (SSSR count). The topological polar surface area (TPSA) is 29.9 Å². The molecule has 0 aliphatic heterocycles. The fourth-order valence-electron chi connectivity index (χ4n) is 1.96. The lowest BCUT2D eigenvalue weighted by atomic mass is 10.2. The number of rotatable bonds is 6. The molecule has 0 spiro atoms. The van der Waals surface area contributed by atoms with Crippen LogP contribution in [0.5, 0.6) is 0 Å². The van der Waals surface area contributed by atoms with Crippen molar-refractivity contribution in [2.75, 3.05) is 6.54 Å². The third-order valence-electron chi connectivity index (χ3n) is 2.97. The van der Waals surface area contributed by atoms with Crippen LogP contribution in [0, 0.1) is 5.92 Å². The summed E-state index contributed by atoms with van der Waals surface area (Å²) in [6, 6.07) is 5.71. The number of halogens is 2. The number of hydrogen-bond donors (Lipinski definition) is 1. The van der Waals surface area contributed by atoms with Crippen LogP contribution >= 0.6 is 23.2 Å². The average molecular weight is 312 g/mol. The SMILES string of the molecule is CC(C)CNCc1nccn1Cc1ccc(Cl)c(Cl)c1. The third kappa shape index (κ3) is 4.23. The zero-order chi connectivity index (χ0) is 14.5. The fraction of sp³-hybridized carbons (Fsp3) is 0.400. The summed E-state index contributed by atoms with van der Waals surface area (Å²) in [4.78, 5) is 4.39. The average Bonchev–Trinajstić information content (AvgIpc) is 2.81. The Hall–Kier alpha value is -1.03. The molecular formula is C15H19Cl2N3. The molecule has 20 heavy (non-hydrogen) atoms. The van der Waals surface area contributed by atoms with Crippen molar-refractivity contribution in [2.24, 2.45) is 5.92 Å². The molecule has 0 radical (unpaired) electrons. The summed E-state index contributed by atoms with van der Waals surface area (Å²) in [6.07, 6.45) is 3.80. The van der Waals surface area contributed by atoms with Crippen molar-refractivity contribution in [1.82, 2.24) is 14.9 Å². The quantitative estimate of drug-likeness (QED) is 0.874. The van der Waals surface area contributed by atoms with Crippen molar-refractivity contribution in [1.29, 1.82) is 0 Å². The van der Waals surface area contributed by atoms with E-state index in [-0.39, 0.29) is 0 Å². The molecule has 1 N–H and O–H groups in total. The molecule has 0 saturated heterocycles. The highest BCUT2D eigenvalue weighted by atomic mass is 35.5. The Morgan fingerprint density at radius 3 is 2.75 bits per heavy atom. The fourth-order valence-corrected chi connectivity index (χ4v) is 2.28. The second kappa shape index (κ2) is 7.11. The molecule has 1 aromatic heterocycles. The summed E-state index contributed by atoms with van der Waals surface area (Å²) in [5, 5.41) is 4.57. The normalized spacial score (nSPS) is 11.2. The molecule has 0 aliphatic rings. The van der Waals surface area contributed by atoms with Crippen molar-refractivity contribution in [3.63, 3.8) is 0 Å². The van der Waals surface area contributed by atoms with Gasteiger partial charge < -0.3 is 9.88 Å². The summed E-state index contributed by atoms with van der Waals surface area (Å²) < 4.78 is 2.12. The van der Waals surface area contributed by atoms with E-state index in [2.05, 4.69) is 28.7 Å². The maximum Gasteiger partial charge on any atom is 0.122 e. The van der Waals surface area contributed by atoms with Crippen molar-refractivity contribution in [3.8, 4) is 0 Å². The zero-order valence-corrected chi connectivity index (χ0v) is 13.2. The van der Waals surface area contributed by atoms with Gasteiger partial charge >= 0.3 is 0 Å². The summed E-state index contributed by atoms with van der Waals surface area (Å²) >= 11 is 12.0. The lowest BCUT2D eigenvalue weighted by Gasteiger charge is -2.11. The molecule has 5 heteroatoms. The Bertz CT molecular complexity index is 564. The molecule has 1 heterocycles. The van der Waals surface area contributed by atoms with Gasteiger partial charge in [-0.2, -0.15) is 0 Å². The van der Waals surface area contributed by atoms with E-state index in [1.807, 2.05) is 30.6 Å². The van der Waals surface area contributed by atoms with Gasteiger partial charge in [-0.25, -0.2) is 4.98 Å². The van der Waals surface area contributed by atoms with Gasteiger partial charge in [0, 0.05) is 18.9 Å². The van der Waals surface area contributed by atoms with Crippen molar-refractivity contribution in [3.05, 3.63) is 52.0 Å². The van der Waals surface area contributed by atoms with E-state index in [1.165, 1.54) is 0 Å². The summed E-state index contributed by atoms with van der Waals surface area (Å²) in [6.45, 7) is 6.88. The van der Waals surface area contributed by atoms with Gasteiger partial charge in [-0.05, 0) is 30.2 Å². The number of hydrogen-bond acceptors (Lipinski definition) is 2. The molecule has 1 aromatic carbocycles. The number of benzene rings is 1. The predicted molar refractivity (Wildman–Crippen MR) is 84.3 cm³/mol. The maximum atomic E-state index is 6.04. The molecule has 0 atom stereocenters. The van der Waals surface area contributed by atoms with E-state index in [0.717, 1.165) is 31.0 Å². The number of aromatic nitrogens is 2. The molecule has 2 aromatic rings. The smallest absolute Gasteiger partial charge is 0.122 e. The second-order valence-electron chi connectivity index (χ2n) is 5.24. The molecule has 108 valence electrons. The minimum absolute atomic E-state index is 0.583. The minimum Gasteiger partial charge on any atom is -0.329 e. The van der Waals surface area contributed by atoms with Gasteiger partial charge in [-0.15, -0.1) is 0 Å². The zero-order valence-electron chi connectivity index (χ0n) is 11.7. The van der Waals surface area contributed by atoms with E-state index in [0.29, 0.717) is 16.0 Å². The Kier molecular flexibility index (Phi) is 5.46. The van der Waals surface area contributed by atoms with Crippen LogP contribution in [0.25, 0.3) is 0 Å². The van der Waals surface area contributed by atoms with Crippen LogP contribution < -0.4 is 5.32 Å². The molecular weight excluding hydrogens is 293 g/mol. The lowest BCUT2D eigenvalue weighted by molar-refractivity contribution is 0.533. The van der Waals surface area contributed by atoms with Crippen LogP contribution in [0.2, 0.25) is 10.0 Å². The maximum absolute atomic E-state index is 6.04. The largest absolute Gasteiger partial charge is 0.329 e. The van der Waals surface area contributed by atoms with Gasteiger partial charge in [0.2, 0.25) is 0 Å². The van der Waals surface area contributed by atoms with E-state index >= 15 is 0 Å². The summed E-state index contributed by atoms with van der Waals surface area (Å²) in [5.41, 5.74) is 1.11. The first-order chi connectivity index (χ1) is 9.56. The highest BCUT2D eigenvalue weighted by Gasteiger charge is 2.05. The Balaban J connectivity index is 2.02. The van der Waals surface area contributed by atoms with Crippen molar-refractivity contribution in [2.45, 2.75) is 26.9 Å². The van der Waals surface area contributed by atoms with E-state index in [9.17, 15) is 0 Å². The first-order valence-electron chi connectivity index (χ1n) is 6.71. The monoisotopic (exact) mass is 311 g/mol. The van der Waals surface area contributed by atoms with Gasteiger partial charge in [0.15, 0.2) is 0 Å². The number of nitrogens with one attached hydrogen (secondary N) is 1. The Morgan fingerprint density at radius 1 is 1.25 bits per heavy atom. The van der Waals surface area contributed by atoms with Gasteiger partial charge in [0.25, 0.3) is 0 Å². The molecule has 0 bridgehead atoms. The summed E-state index contributed by atoms with van der Waals surface area (Å²) in [5.74, 6) is 1.66. The predicted octanol–water partition coefficient (Wildman–Crippen LogP) is 3.98. The third-order valence-corrected chi connectivity index (χ3v) is 3.71. The lowest BCUT2D eigenvalue weighted by Crippen LogP contribution is -2.21. The van der Waals surface area contributed by atoms with Crippen LogP contribution in [0.4, 0.5) is 0 Å². The number of nitrogens with zero attached hydrogens (tertiary/aromatic N) is 2. The molecule has 0 amide bonds. The first kappa shape index (κ1) is 15.4. The van der Waals surface area contributed by atoms with Crippen molar-refractivity contribution >= 4 is 23.2 Å². The Morgan fingerprint density at radius 2 is 2.05 bits per heavy atom. The van der Waals surface area contributed by atoms with Gasteiger partial charge in [0.05, 0.1) is 16.6 Å². The first-order valence-corrected chi connectivity index (χ1v) is 7.46. The Labute approximate surface area is 129 Å².